The molecule has 6 nitrogen and oxygen atoms in total. The number of aliphatic hydroxyl groups excluding tert-OH is 1. The molecule has 8 atom stereocenters. The lowest BCUT2D eigenvalue weighted by molar-refractivity contribution is -0.118. The van der Waals surface area contributed by atoms with Gasteiger partial charge in [0.25, 0.3) is 0 Å². The van der Waals surface area contributed by atoms with Crippen molar-refractivity contribution < 1.29 is 19.8 Å². The second-order valence-electron chi connectivity index (χ2n) is 19.1. The van der Waals surface area contributed by atoms with Gasteiger partial charge in [-0.15, -0.1) is 11.3 Å². The van der Waals surface area contributed by atoms with Gasteiger partial charge in [0.2, 0.25) is 5.78 Å². The maximum absolute atomic E-state index is 14.8. The van der Waals surface area contributed by atoms with E-state index in [-0.39, 0.29) is 35.7 Å². The molecule has 7 heteroatoms. The van der Waals surface area contributed by atoms with Crippen molar-refractivity contribution in [2.24, 2.45) is 28.6 Å². The minimum atomic E-state index is -1.19. The molecule has 8 unspecified atom stereocenters. The van der Waals surface area contributed by atoms with Gasteiger partial charge in [-0.1, -0.05) is 93.1 Å². The summed E-state index contributed by atoms with van der Waals surface area (Å²) < 4.78 is 1.08. The Morgan fingerprint density at radius 3 is 2.47 bits per heavy atom. The van der Waals surface area contributed by atoms with E-state index >= 15 is 0 Å². The van der Waals surface area contributed by atoms with Crippen molar-refractivity contribution >= 4 is 33.2 Å². The number of rotatable bonds is 8. The van der Waals surface area contributed by atoms with Crippen LogP contribution in [0.2, 0.25) is 0 Å². The number of benzene rings is 3. The first-order chi connectivity index (χ1) is 27.3. The van der Waals surface area contributed by atoms with Crippen LogP contribution in [0, 0.1) is 28.6 Å². The van der Waals surface area contributed by atoms with Crippen LogP contribution in [0.4, 0.5) is 4.79 Å². The first-order valence-corrected chi connectivity index (χ1v) is 22.4. The molecule has 4 saturated carbocycles. The fraction of sp³-hybridized carbons (Fsp3) is 0.520. The summed E-state index contributed by atoms with van der Waals surface area (Å²) in [4.78, 5) is 32.1. The Labute approximate surface area is 343 Å². The molecule has 0 aliphatic heterocycles. The zero-order valence-electron chi connectivity index (χ0n) is 34.6. The van der Waals surface area contributed by atoms with Gasteiger partial charge in [0.1, 0.15) is 0 Å². The lowest BCUT2D eigenvalue weighted by Crippen LogP contribution is -2.59. The molecule has 10 rings (SSSR count). The first kappa shape index (κ1) is 40.0. The molecular formula is C50H62N2O4S. The second kappa shape index (κ2) is 15.8. The van der Waals surface area contributed by atoms with Gasteiger partial charge in [-0.05, 0) is 147 Å². The molecule has 6 aliphatic carbocycles. The topological polar surface area (TPSA) is 89.9 Å². The quantitative estimate of drug-likeness (QED) is 0.123. The molecule has 3 aromatic carbocycles. The molecule has 1 heterocycles. The average Bonchev–Trinajstić information content (AvgIpc) is 3.75. The number of thiophene rings is 1. The number of nitrogens with zero attached hydrogens (tertiary/aromatic N) is 1. The number of carbonyl (C=O) groups excluding carboxylic acids is 2. The van der Waals surface area contributed by atoms with Crippen LogP contribution in [0.1, 0.15) is 136 Å². The van der Waals surface area contributed by atoms with Gasteiger partial charge in [-0.2, -0.15) is 0 Å². The number of urea groups is 1. The van der Waals surface area contributed by atoms with Crippen LogP contribution < -0.4 is 5.32 Å². The van der Waals surface area contributed by atoms with Crippen LogP contribution in [0.15, 0.2) is 90.5 Å². The van der Waals surface area contributed by atoms with E-state index in [0.29, 0.717) is 60.9 Å². The molecule has 4 bridgehead atoms. The van der Waals surface area contributed by atoms with E-state index in [0.717, 1.165) is 52.0 Å². The number of ketones is 1. The number of amides is 2. The predicted molar refractivity (Wildman–Crippen MR) is 232 cm³/mol. The molecule has 3 N–H and O–H groups in total. The third-order valence-corrected chi connectivity index (χ3v) is 16.5. The maximum Gasteiger partial charge on any atom is 0.317 e. The summed E-state index contributed by atoms with van der Waals surface area (Å²) in [6.07, 6.45) is 9.98. The molecular weight excluding hydrogens is 725 g/mol. The highest BCUT2D eigenvalue weighted by Gasteiger charge is 2.59. The van der Waals surface area contributed by atoms with Crippen molar-refractivity contribution in [1.82, 2.24) is 10.2 Å². The molecule has 302 valence electrons. The Hall–Kier alpha value is -3.78. The zero-order chi connectivity index (χ0) is 40.1. The van der Waals surface area contributed by atoms with Gasteiger partial charge in [-0.3, -0.25) is 4.79 Å². The fourth-order valence-corrected chi connectivity index (χ4v) is 12.5. The van der Waals surface area contributed by atoms with Gasteiger partial charge >= 0.3 is 6.03 Å². The summed E-state index contributed by atoms with van der Waals surface area (Å²) in [6, 6.07) is 26.2. The van der Waals surface area contributed by atoms with Crippen molar-refractivity contribution in [3.8, 4) is 0 Å². The number of nitrogens with one attached hydrogen (secondary N) is 1. The Morgan fingerprint density at radius 2 is 1.72 bits per heavy atom. The Balaban J connectivity index is 1.17. The Bertz CT molecular complexity index is 2100. The molecule has 0 saturated heterocycles. The van der Waals surface area contributed by atoms with E-state index in [4.69, 9.17) is 0 Å². The van der Waals surface area contributed by atoms with Gasteiger partial charge in [-0.25, -0.2) is 4.79 Å². The number of allylic oxidation sites excluding steroid dienone is 2. The van der Waals surface area contributed by atoms with Crippen LogP contribution in [-0.2, 0) is 6.42 Å². The lowest BCUT2D eigenvalue weighted by atomic mass is 9.45. The number of hydrogen-bond acceptors (Lipinski definition) is 5. The van der Waals surface area contributed by atoms with Crippen LogP contribution in [0.3, 0.4) is 0 Å². The predicted octanol–water partition coefficient (Wildman–Crippen LogP) is 11.0. The summed E-state index contributed by atoms with van der Waals surface area (Å²) >= 11 is 1.53. The first-order valence-electron chi connectivity index (χ1n) is 21.6. The van der Waals surface area contributed by atoms with E-state index in [1.165, 1.54) is 29.8 Å². The molecule has 0 radical (unpaired) electrons. The highest BCUT2D eigenvalue weighted by molar-refractivity contribution is 7.21. The van der Waals surface area contributed by atoms with E-state index < -0.39 is 17.1 Å². The van der Waals surface area contributed by atoms with E-state index in [1.807, 2.05) is 54.3 Å². The van der Waals surface area contributed by atoms with Crippen LogP contribution >= 0.6 is 11.3 Å². The maximum atomic E-state index is 14.8. The zero-order valence-corrected chi connectivity index (χ0v) is 35.4. The SMILES string of the molecule is CC1=CCCC2(C)C(CCC2(O)CN(CC2CCC3CC2C3(C)C)C(=O)NC(C)c2ccccc2)c2ccc(cc2C(=O)c2cc3ccccc3s2)CC(O)CC1. The Kier molecular flexibility index (Phi) is 11.1. The number of carbonyl (C=O) groups is 2. The largest absolute Gasteiger partial charge is 0.393 e. The summed E-state index contributed by atoms with van der Waals surface area (Å²) in [6.45, 7) is 12.1. The summed E-state index contributed by atoms with van der Waals surface area (Å²) in [5.74, 6) is 1.61. The highest BCUT2D eigenvalue weighted by atomic mass is 32.1. The molecule has 57 heavy (non-hydrogen) atoms. The number of aliphatic hydroxyl groups is 2. The molecule has 4 aromatic rings. The number of fused-ring (bicyclic) bond motifs is 11. The molecule has 2 amide bonds. The molecule has 1 aromatic heterocycles. The fourth-order valence-electron chi connectivity index (χ4n) is 11.5. The van der Waals surface area contributed by atoms with Crippen LogP contribution in [0.25, 0.3) is 10.1 Å². The smallest absolute Gasteiger partial charge is 0.317 e. The van der Waals surface area contributed by atoms with Gasteiger partial charge in [0.15, 0.2) is 0 Å². The normalized spacial score (nSPS) is 30.1. The molecule has 4 fully saturated rings. The Morgan fingerprint density at radius 1 is 0.947 bits per heavy atom. The van der Waals surface area contributed by atoms with Crippen molar-refractivity contribution in [3.63, 3.8) is 0 Å². The van der Waals surface area contributed by atoms with E-state index in [1.54, 1.807) is 0 Å². The number of hydrogen-bond donors (Lipinski definition) is 3. The van der Waals surface area contributed by atoms with Gasteiger partial charge in [0, 0.05) is 22.2 Å². The third kappa shape index (κ3) is 7.65. The second-order valence-corrected chi connectivity index (χ2v) is 20.2. The highest BCUT2D eigenvalue weighted by Crippen LogP contribution is 2.62. The van der Waals surface area contributed by atoms with Crippen molar-refractivity contribution in [2.75, 3.05) is 13.1 Å². The standard InChI is InChI=1S/C50H62N2O4S/c1-32-12-11-24-49(5)42(40-22-18-34(26-39(53)21-17-32)27-41(40)46(54)45-28-36-15-9-10-16-44(36)57-45)23-25-50(49,56)31-52(30-37-19-20-38-29-43(37)48(38,3)4)47(55)51-33(2)35-13-7-6-8-14-35/h6-10,12-16,18,22,27-28,33,37-39,42-43,53,56H,11,17,19-21,23-26,29-31H2,1-5H3,(H,51,55). The van der Waals surface area contributed by atoms with E-state index in [9.17, 15) is 19.8 Å². The average molecular weight is 787 g/mol. The van der Waals surface area contributed by atoms with Crippen molar-refractivity contribution in [3.05, 3.63) is 118 Å². The minimum absolute atomic E-state index is 0.00205. The van der Waals surface area contributed by atoms with Crippen LogP contribution in [0.5, 0.6) is 0 Å². The van der Waals surface area contributed by atoms with Crippen LogP contribution in [-0.4, -0.2) is 51.7 Å². The summed E-state index contributed by atoms with van der Waals surface area (Å²) in [7, 11) is 0. The minimum Gasteiger partial charge on any atom is -0.393 e. The van der Waals surface area contributed by atoms with Gasteiger partial charge in [0.05, 0.1) is 29.2 Å². The van der Waals surface area contributed by atoms with E-state index in [2.05, 4.69) is 75.5 Å². The lowest BCUT2D eigenvalue weighted by Gasteiger charge is -2.60. The summed E-state index contributed by atoms with van der Waals surface area (Å²) in [5.41, 5.74) is 3.34. The van der Waals surface area contributed by atoms with Gasteiger partial charge < -0.3 is 20.4 Å². The third-order valence-electron chi connectivity index (χ3n) is 15.4. The van der Waals surface area contributed by atoms with Crippen molar-refractivity contribution in [1.29, 1.82) is 0 Å². The monoisotopic (exact) mass is 786 g/mol. The molecule has 6 aliphatic rings. The molecule has 0 spiro atoms. The van der Waals surface area contributed by atoms with Crippen molar-refractivity contribution in [2.45, 2.75) is 122 Å². The summed E-state index contributed by atoms with van der Waals surface area (Å²) in [5, 5.41) is 28.9.